The Morgan fingerprint density at radius 1 is 1.12 bits per heavy atom. The first-order chi connectivity index (χ1) is 11.1. The molecule has 0 spiro atoms. The molecule has 3 aromatic rings. The first-order valence-electron chi connectivity index (χ1n) is 7.46. The molecule has 126 valence electrons. The van der Waals surface area contributed by atoms with Crippen molar-refractivity contribution >= 4 is 18.1 Å². The summed E-state index contributed by atoms with van der Waals surface area (Å²) in [6.07, 6.45) is 3.35. The van der Waals surface area contributed by atoms with Crippen LogP contribution in [-0.4, -0.2) is 28.4 Å². The number of fused-ring (bicyclic) bond motifs is 1. The molecule has 0 unspecified atom stereocenters. The zero-order valence-corrected chi connectivity index (χ0v) is 14.5. The normalized spacial score (nSPS) is 10.6. The van der Waals surface area contributed by atoms with E-state index in [0.29, 0.717) is 30.1 Å². The average Bonchev–Trinajstić information content (AvgIpc) is 2.56. The smallest absolute Gasteiger partial charge is 0.262 e. The van der Waals surface area contributed by atoms with Gasteiger partial charge < -0.3 is 9.64 Å². The molecular weight excluding hydrogens is 326 g/mol. The molecule has 0 radical (unpaired) electrons. The fourth-order valence-electron chi connectivity index (χ4n) is 2.42. The first kappa shape index (κ1) is 18.0. The lowest BCUT2D eigenvalue weighted by atomic mass is 10.2. The summed E-state index contributed by atoms with van der Waals surface area (Å²) in [5, 5.41) is 0. The summed E-state index contributed by atoms with van der Waals surface area (Å²) >= 11 is 0. The summed E-state index contributed by atoms with van der Waals surface area (Å²) in [5.74, 6) is 0.602. The molecule has 24 heavy (non-hydrogen) atoms. The third kappa shape index (κ3) is 3.93. The molecule has 0 bridgehead atoms. The summed E-state index contributed by atoms with van der Waals surface area (Å²) in [6.45, 7) is 1.000. The van der Waals surface area contributed by atoms with E-state index in [4.69, 9.17) is 4.74 Å². The van der Waals surface area contributed by atoms with E-state index in [1.807, 2.05) is 55.4 Å². The van der Waals surface area contributed by atoms with Crippen molar-refractivity contribution in [3.63, 3.8) is 0 Å². The SMILES string of the molecule is CN(C)Cc1cnc2c(OCc3ccccc3)cccn2c1=O.Cl. The number of hydrogen-bond donors (Lipinski definition) is 0. The Morgan fingerprint density at radius 2 is 1.88 bits per heavy atom. The van der Waals surface area contributed by atoms with Gasteiger partial charge in [0, 0.05) is 18.9 Å². The number of halogens is 1. The predicted octanol–water partition coefficient (Wildman–Crippen LogP) is 2.76. The van der Waals surface area contributed by atoms with Gasteiger partial charge in [0.2, 0.25) is 0 Å². The van der Waals surface area contributed by atoms with Crippen LogP contribution in [0.3, 0.4) is 0 Å². The van der Waals surface area contributed by atoms with Gasteiger partial charge in [0.25, 0.3) is 5.56 Å². The predicted molar refractivity (Wildman–Crippen MR) is 96.9 cm³/mol. The maximum absolute atomic E-state index is 12.5. The van der Waals surface area contributed by atoms with Crippen LogP contribution in [0.15, 0.2) is 59.7 Å². The highest BCUT2D eigenvalue weighted by molar-refractivity contribution is 5.85. The molecule has 2 aromatic heterocycles. The van der Waals surface area contributed by atoms with E-state index in [1.54, 1.807) is 22.9 Å². The molecule has 0 fully saturated rings. The lowest BCUT2D eigenvalue weighted by Gasteiger charge is -2.12. The van der Waals surface area contributed by atoms with E-state index in [-0.39, 0.29) is 18.0 Å². The lowest BCUT2D eigenvalue weighted by molar-refractivity contribution is 0.307. The topological polar surface area (TPSA) is 46.8 Å². The Kier molecular flexibility index (Phi) is 5.95. The zero-order chi connectivity index (χ0) is 16.2. The van der Waals surface area contributed by atoms with Crippen LogP contribution in [0, 0.1) is 0 Å². The van der Waals surface area contributed by atoms with Gasteiger partial charge in [-0.2, -0.15) is 0 Å². The van der Waals surface area contributed by atoms with Gasteiger partial charge in [-0.15, -0.1) is 12.4 Å². The number of ether oxygens (including phenoxy) is 1. The van der Waals surface area contributed by atoms with E-state index in [0.717, 1.165) is 5.56 Å². The number of nitrogens with zero attached hydrogens (tertiary/aromatic N) is 3. The molecule has 0 saturated heterocycles. The lowest BCUT2D eigenvalue weighted by Crippen LogP contribution is -2.24. The van der Waals surface area contributed by atoms with Crippen LogP contribution < -0.4 is 10.3 Å². The molecular formula is C18H20ClN3O2. The van der Waals surface area contributed by atoms with Crippen LogP contribution in [0.5, 0.6) is 5.75 Å². The Hall–Kier alpha value is -2.37. The largest absolute Gasteiger partial charge is 0.485 e. The van der Waals surface area contributed by atoms with Gasteiger partial charge in [0.05, 0.1) is 5.56 Å². The van der Waals surface area contributed by atoms with Crippen molar-refractivity contribution in [2.24, 2.45) is 0 Å². The van der Waals surface area contributed by atoms with Crippen LogP contribution in [-0.2, 0) is 13.2 Å². The Bertz CT molecular complexity index is 863. The highest BCUT2D eigenvalue weighted by atomic mass is 35.5. The molecule has 0 N–H and O–H groups in total. The molecule has 1 aromatic carbocycles. The molecule has 0 aliphatic heterocycles. The Balaban J connectivity index is 0.00000208. The second-order valence-corrected chi connectivity index (χ2v) is 5.67. The quantitative estimate of drug-likeness (QED) is 0.713. The summed E-state index contributed by atoms with van der Waals surface area (Å²) in [6, 6.07) is 13.5. The minimum Gasteiger partial charge on any atom is -0.485 e. The number of benzene rings is 1. The molecule has 0 saturated carbocycles. The Morgan fingerprint density at radius 3 is 2.58 bits per heavy atom. The second-order valence-electron chi connectivity index (χ2n) is 5.67. The van der Waals surface area contributed by atoms with Crippen LogP contribution in [0.1, 0.15) is 11.1 Å². The Labute approximate surface area is 146 Å². The van der Waals surface area contributed by atoms with E-state index >= 15 is 0 Å². The fourth-order valence-corrected chi connectivity index (χ4v) is 2.42. The van der Waals surface area contributed by atoms with Crippen molar-refractivity contribution in [1.29, 1.82) is 0 Å². The molecule has 0 amide bonds. The van der Waals surface area contributed by atoms with Crippen molar-refractivity contribution in [2.75, 3.05) is 14.1 Å². The van der Waals surface area contributed by atoms with Gasteiger partial charge in [0.15, 0.2) is 11.4 Å². The summed E-state index contributed by atoms with van der Waals surface area (Å²) in [7, 11) is 3.85. The summed E-state index contributed by atoms with van der Waals surface area (Å²) < 4.78 is 7.39. The van der Waals surface area contributed by atoms with Crippen LogP contribution in [0.4, 0.5) is 0 Å². The molecule has 0 aliphatic carbocycles. The van der Waals surface area contributed by atoms with Crippen LogP contribution in [0.2, 0.25) is 0 Å². The molecule has 3 rings (SSSR count). The van der Waals surface area contributed by atoms with Crippen molar-refractivity contribution in [1.82, 2.24) is 14.3 Å². The van der Waals surface area contributed by atoms with Gasteiger partial charge in [-0.25, -0.2) is 4.98 Å². The van der Waals surface area contributed by atoms with Gasteiger partial charge in [-0.05, 0) is 31.8 Å². The molecule has 5 nitrogen and oxygen atoms in total. The molecule has 0 atom stereocenters. The molecule has 6 heteroatoms. The van der Waals surface area contributed by atoms with Crippen molar-refractivity contribution < 1.29 is 4.74 Å². The molecule has 2 heterocycles. The van der Waals surface area contributed by atoms with Crippen molar-refractivity contribution in [2.45, 2.75) is 13.2 Å². The standard InChI is InChI=1S/C18H19N3O2.ClH/c1-20(2)12-15-11-19-17-16(9-6-10-21(17)18(15)22)23-13-14-7-4-3-5-8-14;/h3-11H,12-13H2,1-2H3;1H. The van der Waals surface area contributed by atoms with Gasteiger partial charge in [0.1, 0.15) is 6.61 Å². The van der Waals surface area contributed by atoms with E-state index in [1.165, 1.54) is 0 Å². The highest BCUT2D eigenvalue weighted by Gasteiger charge is 2.09. The number of hydrogen-bond acceptors (Lipinski definition) is 4. The summed E-state index contributed by atoms with van der Waals surface area (Å²) in [5.41, 5.74) is 2.21. The minimum absolute atomic E-state index is 0. The van der Waals surface area contributed by atoms with E-state index in [2.05, 4.69) is 4.98 Å². The van der Waals surface area contributed by atoms with Crippen LogP contribution in [0.25, 0.3) is 5.65 Å². The zero-order valence-electron chi connectivity index (χ0n) is 13.7. The maximum Gasteiger partial charge on any atom is 0.262 e. The average molecular weight is 346 g/mol. The number of rotatable bonds is 5. The van der Waals surface area contributed by atoms with E-state index < -0.39 is 0 Å². The van der Waals surface area contributed by atoms with Crippen molar-refractivity contribution in [3.05, 3.63) is 76.3 Å². The van der Waals surface area contributed by atoms with Gasteiger partial charge in [-0.1, -0.05) is 30.3 Å². The molecule has 0 aliphatic rings. The maximum atomic E-state index is 12.5. The second kappa shape index (κ2) is 7.95. The van der Waals surface area contributed by atoms with Gasteiger partial charge >= 0.3 is 0 Å². The number of aromatic nitrogens is 2. The van der Waals surface area contributed by atoms with Crippen LogP contribution >= 0.6 is 12.4 Å². The van der Waals surface area contributed by atoms with Crippen molar-refractivity contribution in [3.8, 4) is 5.75 Å². The van der Waals surface area contributed by atoms with E-state index in [9.17, 15) is 4.79 Å². The summed E-state index contributed by atoms with van der Waals surface area (Å²) in [4.78, 5) is 18.9. The third-order valence-electron chi connectivity index (χ3n) is 3.49. The highest BCUT2D eigenvalue weighted by Crippen LogP contribution is 2.17. The van der Waals surface area contributed by atoms with Gasteiger partial charge in [-0.3, -0.25) is 9.20 Å². The monoisotopic (exact) mass is 345 g/mol. The third-order valence-corrected chi connectivity index (χ3v) is 3.49. The fraction of sp³-hybridized carbons (Fsp3) is 0.222. The number of pyridine rings is 1. The first-order valence-corrected chi connectivity index (χ1v) is 7.46. The minimum atomic E-state index is -0.0612.